The van der Waals surface area contributed by atoms with Crippen molar-refractivity contribution in [3.63, 3.8) is 0 Å². The summed E-state index contributed by atoms with van der Waals surface area (Å²) in [6.45, 7) is 3.61. The van der Waals surface area contributed by atoms with Crippen molar-refractivity contribution in [3.8, 4) is 0 Å². The monoisotopic (exact) mass is 237 g/mol. The smallest absolute Gasteiger partial charge is 0.109 e. The molecule has 0 aromatic carbocycles. The van der Waals surface area contributed by atoms with Crippen molar-refractivity contribution in [2.24, 2.45) is 11.8 Å². The SMILES string of the molecule is BC1(C)CCCC2C(=S)N(C)CCC2CC1. The molecule has 1 saturated carbocycles. The van der Waals surface area contributed by atoms with Gasteiger partial charge >= 0.3 is 0 Å². The fraction of sp³-hybridized carbons (Fsp3) is 0.923. The molecule has 0 aromatic heterocycles. The van der Waals surface area contributed by atoms with E-state index in [0.717, 1.165) is 5.92 Å². The van der Waals surface area contributed by atoms with Gasteiger partial charge in [0.25, 0.3) is 0 Å². The number of piperidine rings is 1. The summed E-state index contributed by atoms with van der Waals surface area (Å²) in [6, 6.07) is 0. The molecule has 3 unspecified atom stereocenters. The molecule has 0 amide bonds. The van der Waals surface area contributed by atoms with Gasteiger partial charge in [-0.3, -0.25) is 0 Å². The van der Waals surface area contributed by atoms with E-state index in [-0.39, 0.29) is 0 Å². The summed E-state index contributed by atoms with van der Waals surface area (Å²) in [5, 5.41) is 0.565. The quantitative estimate of drug-likeness (QED) is 0.470. The van der Waals surface area contributed by atoms with Crippen LogP contribution in [0, 0.1) is 11.8 Å². The maximum absolute atomic E-state index is 5.61. The van der Waals surface area contributed by atoms with Crippen LogP contribution in [0.3, 0.4) is 0 Å². The van der Waals surface area contributed by atoms with Gasteiger partial charge in [0.2, 0.25) is 0 Å². The number of rotatable bonds is 0. The van der Waals surface area contributed by atoms with Gasteiger partial charge in [-0.05, 0) is 25.2 Å². The van der Waals surface area contributed by atoms with E-state index in [0.29, 0.717) is 11.2 Å². The highest BCUT2D eigenvalue weighted by Crippen LogP contribution is 2.43. The molecule has 1 aliphatic carbocycles. The van der Waals surface area contributed by atoms with Gasteiger partial charge in [-0.1, -0.05) is 43.7 Å². The first-order chi connectivity index (χ1) is 7.49. The van der Waals surface area contributed by atoms with Crippen molar-refractivity contribution in [3.05, 3.63) is 0 Å². The molecular weight excluding hydrogens is 213 g/mol. The largest absolute Gasteiger partial charge is 0.369 e. The Hall–Kier alpha value is -0.0451. The van der Waals surface area contributed by atoms with Crippen LogP contribution < -0.4 is 0 Å². The standard InChI is InChI=1S/C13H24BNS/c1-13(14)7-3-4-11-10(5-8-13)6-9-15(2)12(11)16/h10-11H,3-9,14H2,1-2H3. The van der Waals surface area contributed by atoms with E-state index in [1.165, 1.54) is 50.1 Å². The molecule has 0 aromatic rings. The van der Waals surface area contributed by atoms with Crippen LogP contribution in [0.5, 0.6) is 0 Å². The third-order valence-corrected chi connectivity index (χ3v) is 5.27. The van der Waals surface area contributed by atoms with Gasteiger partial charge in [-0.2, -0.15) is 0 Å². The molecule has 1 nitrogen and oxygen atoms in total. The van der Waals surface area contributed by atoms with Crippen LogP contribution in [0.1, 0.15) is 45.4 Å². The van der Waals surface area contributed by atoms with E-state index in [1.807, 2.05) is 0 Å². The molecule has 0 N–H and O–H groups in total. The molecule has 16 heavy (non-hydrogen) atoms. The van der Waals surface area contributed by atoms with Crippen LogP contribution in [0.15, 0.2) is 0 Å². The van der Waals surface area contributed by atoms with Crippen LogP contribution in [0.4, 0.5) is 0 Å². The van der Waals surface area contributed by atoms with E-state index >= 15 is 0 Å². The van der Waals surface area contributed by atoms with Crippen LogP contribution in [-0.2, 0) is 0 Å². The van der Waals surface area contributed by atoms with Gasteiger partial charge in [0.05, 0.1) is 4.99 Å². The molecule has 3 atom stereocenters. The Balaban J connectivity index is 2.05. The maximum Gasteiger partial charge on any atom is 0.109 e. The number of hydrogen-bond acceptors (Lipinski definition) is 1. The second kappa shape index (κ2) is 4.68. The number of nitrogens with zero attached hydrogens (tertiary/aromatic N) is 1. The summed E-state index contributed by atoms with van der Waals surface area (Å²) < 4.78 is 0. The average Bonchev–Trinajstić information content (AvgIpc) is 2.20. The fourth-order valence-electron chi connectivity index (χ4n) is 3.36. The van der Waals surface area contributed by atoms with Gasteiger partial charge in [0.1, 0.15) is 7.85 Å². The summed E-state index contributed by atoms with van der Waals surface area (Å²) >= 11 is 5.61. The normalized spacial score (nSPS) is 41.1. The topological polar surface area (TPSA) is 3.24 Å². The summed E-state index contributed by atoms with van der Waals surface area (Å²) in [5.74, 6) is 1.59. The molecule has 0 radical (unpaired) electrons. The molecule has 0 bridgehead atoms. The van der Waals surface area contributed by atoms with E-state index in [1.54, 1.807) is 0 Å². The summed E-state index contributed by atoms with van der Waals surface area (Å²) in [4.78, 5) is 3.56. The fourth-order valence-corrected chi connectivity index (χ4v) is 3.76. The van der Waals surface area contributed by atoms with Crippen LogP contribution in [0.25, 0.3) is 0 Å². The maximum atomic E-state index is 5.61. The lowest BCUT2D eigenvalue weighted by Crippen LogP contribution is -2.43. The molecule has 1 saturated heterocycles. The van der Waals surface area contributed by atoms with Crippen molar-refractivity contribution in [2.75, 3.05) is 13.6 Å². The average molecular weight is 237 g/mol. The van der Waals surface area contributed by atoms with Gasteiger partial charge in [-0.15, -0.1) is 0 Å². The summed E-state index contributed by atoms with van der Waals surface area (Å²) in [5.41, 5.74) is 0. The van der Waals surface area contributed by atoms with Crippen molar-refractivity contribution < 1.29 is 0 Å². The van der Waals surface area contributed by atoms with Gasteiger partial charge < -0.3 is 4.90 Å². The van der Waals surface area contributed by atoms with Crippen molar-refractivity contribution in [1.29, 1.82) is 0 Å². The first-order valence-electron chi connectivity index (χ1n) is 6.75. The third-order valence-electron chi connectivity index (χ3n) is 4.66. The highest BCUT2D eigenvalue weighted by atomic mass is 32.1. The Morgan fingerprint density at radius 3 is 2.81 bits per heavy atom. The van der Waals surface area contributed by atoms with E-state index in [4.69, 9.17) is 12.2 Å². The molecule has 2 fully saturated rings. The zero-order valence-electron chi connectivity index (χ0n) is 11.0. The Labute approximate surface area is 106 Å². The number of hydrogen-bond donors (Lipinski definition) is 0. The summed E-state index contributed by atoms with van der Waals surface area (Å²) in [7, 11) is 4.60. The van der Waals surface area contributed by atoms with E-state index in [2.05, 4.69) is 26.7 Å². The Morgan fingerprint density at radius 1 is 1.31 bits per heavy atom. The van der Waals surface area contributed by atoms with Crippen molar-refractivity contribution >= 4 is 25.1 Å². The minimum absolute atomic E-state index is 0.565. The molecular formula is C13H24BNS. The second-order valence-electron chi connectivity index (χ2n) is 6.51. The Morgan fingerprint density at radius 2 is 2.06 bits per heavy atom. The highest BCUT2D eigenvalue weighted by molar-refractivity contribution is 7.80. The zero-order chi connectivity index (χ0) is 11.8. The lowest BCUT2D eigenvalue weighted by Gasteiger charge is -2.42. The summed E-state index contributed by atoms with van der Waals surface area (Å²) in [6.07, 6.45) is 8.21. The van der Waals surface area contributed by atoms with E-state index < -0.39 is 0 Å². The number of thiocarbonyl (C=S) groups is 1. The first kappa shape index (κ1) is 12.4. The van der Waals surface area contributed by atoms with Gasteiger partial charge in [0.15, 0.2) is 0 Å². The lowest BCUT2D eigenvalue weighted by molar-refractivity contribution is 0.225. The minimum atomic E-state index is 0.565. The minimum Gasteiger partial charge on any atom is -0.369 e. The van der Waals surface area contributed by atoms with Gasteiger partial charge in [-0.25, -0.2) is 0 Å². The highest BCUT2D eigenvalue weighted by Gasteiger charge is 2.34. The third kappa shape index (κ3) is 2.61. The van der Waals surface area contributed by atoms with Crippen molar-refractivity contribution in [2.45, 2.75) is 50.8 Å². The Kier molecular flexibility index (Phi) is 3.63. The molecule has 0 spiro atoms. The predicted octanol–water partition coefficient (Wildman–Crippen LogP) is 2.66. The zero-order valence-corrected chi connectivity index (χ0v) is 11.8. The molecule has 1 aliphatic heterocycles. The molecule has 2 rings (SSSR count). The lowest BCUT2D eigenvalue weighted by atomic mass is 9.60. The molecule has 3 heteroatoms. The Bertz CT molecular complexity index is 277. The molecule has 2 aliphatic rings. The van der Waals surface area contributed by atoms with Crippen LogP contribution in [0.2, 0.25) is 5.31 Å². The predicted molar refractivity (Wildman–Crippen MR) is 76.8 cm³/mol. The second-order valence-corrected chi connectivity index (χ2v) is 6.93. The molecule has 90 valence electrons. The number of fused-ring (bicyclic) bond motifs is 1. The van der Waals surface area contributed by atoms with Crippen molar-refractivity contribution in [1.82, 2.24) is 4.90 Å². The first-order valence-corrected chi connectivity index (χ1v) is 7.15. The van der Waals surface area contributed by atoms with Crippen LogP contribution in [-0.4, -0.2) is 31.3 Å². The van der Waals surface area contributed by atoms with Crippen LogP contribution >= 0.6 is 12.2 Å². The number of likely N-dealkylation sites (tertiary alicyclic amines) is 1. The molecule has 1 heterocycles. The van der Waals surface area contributed by atoms with Gasteiger partial charge in [0, 0.05) is 19.5 Å². The van der Waals surface area contributed by atoms with E-state index in [9.17, 15) is 0 Å².